The number of rotatable bonds is 5. The number of likely N-dealkylation sites (tertiary alicyclic amines) is 1. The molecule has 3 aromatic rings. The van der Waals surface area contributed by atoms with Crippen LogP contribution in [0.5, 0.6) is 0 Å². The standard InChI is InChI=1S/C23H24N2O3/c26-22(14-18-15-24-21-8-4-3-6-19(18)21)25-11-9-16(10-12-25)13-17-5-1-2-7-20(17)23(27)28/h1-8,15-16,24H,9-14H2,(H,27,28). The van der Waals surface area contributed by atoms with Gasteiger partial charge in [0.25, 0.3) is 0 Å². The molecule has 144 valence electrons. The number of para-hydroxylation sites is 1. The Kier molecular flexibility index (Phi) is 5.15. The Morgan fingerprint density at radius 2 is 1.71 bits per heavy atom. The van der Waals surface area contributed by atoms with E-state index < -0.39 is 5.97 Å². The number of aromatic amines is 1. The van der Waals surface area contributed by atoms with E-state index in [4.69, 9.17) is 0 Å². The van der Waals surface area contributed by atoms with E-state index in [0.717, 1.165) is 54.4 Å². The summed E-state index contributed by atoms with van der Waals surface area (Å²) in [5.74, 6) is -0.297. The molecule has 1 aromatic heterocycles. The highest BCUT2D eigenvalue weighted by molar-refractivity contribution is 5.89. The first-order valence-electron chi connectivity index (χ1n) is 9.76. The lowest BCUT2D eigenvalue weighted by Gasteiger charge is -2.32. The largest absolute Gasteiger partial charge is 0.478 e. The minimum Gasteiger partial charge on any atom is -0.478 e. The van der Waals surface area contributed by atoms with Crippen molar-refractivity contribution in [1.82, 2.24) is 9.88 Å². The molecule has 0 spiro atoms. The summed E-state index contributed by atoms with van der Waals surface area (Å²) in [7, 11) is 0. The monoisotopic (exact) mass is 376 g/mol. The van der Waals surface area contributed by atoms with Gasteiger partial charge in [-0.15, -0.1) is 0 Å². The molecule has 4 rings (SSSR count). The highest BCUT2D eigenvalue weighted by Gasteiger charge is 2.24. The first-order chi connectivity index (χ1) is 13.6. The molecular formula is C23H24N2O3. The van der Waals surface area contributed by atoms with Gasteiger partial charge in [-0.05, 0) is 48.4 Å². The van der Waals surface area contributed by atoms with Gasteiger partial charge >= 0.3 is 5.97 Å². The van der Waals surface area contributed by atoms with E-state index >= 15 is 0 Å². The molecule has 5 nitrogen and oxygen atoms in total. The lowest BCUT2D eigenvalue weighted by atomic mass is 9.88. The fraction of sp³-hybridized carbons (Fsp3) is 0.304. The number of hydrogen-bond acceptors (Lipinski definition) is 2. The molecule has 1 aliphatic rings. The van der Waals surface area contributed by atoms with Crippen LogP contribution in [0.4, 0.5) is 0 Å². The van der Waals surface area contributed by atoms with Crippen LogP contribution in [0.3, 0.4) is 0 Å². The number of aromatic carboxylic acids is 1. The molecule has 1 amide bonds. The van der Waals surface area contributed by atoms with Gasteiger partial charge in [-0.3, -0.25) is 4.79 Å². The van der Waals surface area contributed by atoms with Crippen molar-refractivity contribution in [3.8, 4) is 0 Å². The van der Waals surface area contributed by atoms with Crippen molar-refractivity contribution in [2.75, 3.05) is 13.1 Å². The maximum atomic E-state index is 12.8. The van der Waals surface area contributed by atoms with Crippen molar-refractivity contribution in [1.29, 1.82) is 0 Å². The summed E-state index contributed by atoms with van der Waals surface area (Å²) in [6.07, 6.45) is 4.92. The van der Waals surface area contributed by atoms with E-state index in [-0.39, 0.29) is 5.91 Å². The predicted molar refractivity (Wildman–Crippen MR) is 108 cm³/mol. The van der Waals surface area contributed by atoms with Gasteiger partial charge in [0, 0.05) is 30.2 Å². The molecular weight excluding hydrogens is 352 g/mol. The maximum Gasteiger partial charge on any atom is 0.335 e. The van der Waals surface area contributed by atoms with E-state index in [2.05, 4.69) is 4.98 Å². The van der Waals surface area contributed by atoms with E-state index in [1.54, 1.807) is 12.1 Å². The molecule has 1 fully saturated rings. The molecule has 0 saturated carbocycles. The highest BCUT2D eigenvalue weighted by Crippen LogP contribution is 2.25. The zero-order valence-corrected chi connectivity index (χ0v) is 15.7. The molecule has 0 aliphatic carbocycles. The number of carbonyl (C=O) groups excluding carboxylic acids is 1. The summed E-state index contributed by atoms with van der Waals surface area (Å²) >= 11 is 0. The summed E-state index contributed by atoms with van der Waals surface area (Å²) in [5.41, 5.74) is 3.37. The van der Waals surface area contributed by atoms with Gasteiger partial charge < -0.3 is 15.0 Å². The Labute approximate surface area is 164 Å². The SMILES string of the molecule is O=C(O)c1ccccc1CC1CCN(C(=O)Cc2c[nH]c3ccccc23)CC1. The second-order valence-electron chi connectivity index (χ2n) is 7.53. The summed E-state index contributed by atoms with van der Waals surface area (Å²) in [4.78, 5) is 29.3. The molecule has 0 unspecified atom stereocenters. The minimum absolute atomic E-state index is 0.161. The fourth-order valence-corrected chi connectivity index (χ4v) is 4.16. The normalized spacial score (nSPS) is 15.1. The number of carboxylic acid groups (broad SMARTS) is 1. The topological polar surface area (TPSA) is 73.4 Å². The molecule has 2 aromatic carbocycles. The zero-order chi connectivity index (χ0) is 19.5. The van der Waals surface area contributed by atoms with Gasteiger partial charge in [0.2, 0.25) is 5.91 Å². The van der Waals surface area contributed by atoms with Crippen LogP contribution in [0.15, 0.2) is 54.7 Å². The number of nitrogens with one attached hydrogen (secondary N) is 1. The van der Waals surface area contributed by atoms with Crippen LogP contribution in [-0.4, -0.2) is 40.0 Å². The number of amides is 1. The van der Waals surface area contributed by atoms with Crippen molar-refractivity contribution in [2.24, 2.45) is 5.92 Å². The van der Waals surface area contributed by atoms with Gasteiger partial charge in [-0.2, -0.15) is 0 Å². The fourth-order valence-electron chi connectivity index (χ4n) is 4.16. The van der Waals surface area contributed by atoms with Crippen molar-refractivity contribution < 1.29 is 14.7 Å². The van der Waals surface area contributed by atoms with E-state index in [1.807, 2.05) is 47.5 Å². The Morgan fingerprint density at radius 3 is 2.50 bits per heavy atom. The lowest BCUT2D eigenvalue weighted by Crippen LogP contribution is -2.39. The molecule has 1 saturated heterocycles. The van der Waals surface area contributed by atoms with Crippen LogP contribution in [0.1, 0.15) is 34.3 Å². The third-order valence-electron chi connectivity index (χ3n) is 5.74. The Hall–Kier alpha value is -3.08. The Bertz CT molecular complexity index is 1000. The number of carboxylic acids is 1. The number of nitrogens with zero attached hydrogens (tertiary/aromatic N) is 1. The molecule has 28 heavy (non-hydrogen) atoms. The first kappa shape index (κ1) is 18.3. The van der Waals surface area contributed by atoms with Crippen molar-refractivity contribution in [3.05, 3.63) is 71.4 Å². The number of H-pyrrole nitrogens is 1. The number of benzene rings is 2. The Balaban J connectivity index is 1.35. The second-order valence-corrected chi connectivity index (χ2v) is 7.53. The van der Waals surface area contributed by atoms with Gasteiger partial charge in [-0.1, -0.05) is 36.4 Å². The van der Waals surface area contributed by atoms with Crippen LogP contribution in [-0.2, 0) is 17.6 Å². The quantitative estimate of drug-likeness (QED) is 0.709. The molecule has 2 N–H and O–H groups in total. The van der Waals surface area contributed by atoms with Crippen molar-refractivity contribution in [2.45, 2.75) is 25.7 Å². The number of aromatic nitrogens is 1. The van der Waals surface area contributed by atoms with E-state index in [0.29, 0.717) is 17.9 Å². The second kappa shape index (κ2) is 7.89. The average molecular weight is 376 g/mol. The third kappa shape index (κ3) is 3.79. The number of fused-ring (bicyclic) bond motifs is 1. The van der Waals surface area contributed by atoms with Crippen molar-refractivity contribution >= 4 is 22.8 Å². The lowest BCUT2D eigenvalue weighted by molar-refractivity contribution is -0.131. The zero-order valence-electron chi connectivity index (χ0n) is 15.7. The third-order valence-corrected chi connectivity index (χ3v) is 5.74. The average Bonchev–Trinajstić information content (AvgIpc) is 3.12. The Morgan fingerprint density at radius 1 is 1.00 bits per heavy atom. The molecule has 0 radical (unpaired) electrons. The number of carbonyl (C=O) groups is 2. The van der Waals surface area contributed by atoms with E-state index in [9.17, 15) is 14.7 Å². The molecule has 5 heteroatoms. The van der Waals surface area contributed by atoms with Gasteiger partial charge in [-0.25, -0.2) is 4.79 Å². The van der Waals surface area contributed by atoms with Gasteiger partial charge in [0.15, 0.2) is 0 Å². The van der Waals surface area contributed by atoms with Gasteiger partial charge in [0.05, 0.1) is 12.0 Å². The molecule has 1 aliphatic heterocycles. The molecule has 2 heterocycles. The minimum atomic E-state index is -0.873. The first-order valence-corrected chi connectivity index (χ1v) is 9.76. The summed E-state index contributed by atoms with van der Waals surface area (Å²) < 4.78 is 0. The molecule has 0 bridgehead atoms. The van der Waals surface area contributed by atoms with Crippen LogP contribution < -0.4 is 0 Å². The van der Waals surface area contributed by atoms with Crippen molar-refractivity contribution in [3.63, 3.8) is 0 Å². The molecule has 0 atom stereocenters. The number of piperidine rings is 1. The smallest absolute Gasteiger partial charge is 0.335 e. The summed E-state index contributed by atoms with van der Waals surface area (Å²) in [6, 6.07) is 15.3. The summed E-state index contributed by atoms with van der Waals surface area (Å²) in [5, 5.41) is 10.5. The van der Waals surface area contributed by atoms with Crippen LogP contribution >= 0.6 is 0 Å². The summed E-state index contributed by atoms with van der Waals surface area (Å²) in [6.45, 7) is 1.47. The van der Waals surface area contributed by atoms with Crippen LogP contribution in [0.2, 0.25) is 0 Å². The van der Waals surface area contributed by atoms with E-state index in [1.165, 1.54) is 0 Å². The van der Waals surface area contributed by atoms with Crippen LogP contribution in [0, 0.1) is 5.92 Å². The predicted octanol–water partition coefficient (Wildman–Crippen LogP) is 3.89. The van der Waals surface area contributed by atoms with Gasteiger partial charge in [0.1, 0.15) is 0 Å². The highest BCUT2D eigenvalue weighted by atomic mass is 16.4. The maximum absolute atomic E-state index is 12.8. The van der Waals surface area contributed by atoms with Crippen LogP contribution in [0.25, 0.3) is 10.9 Å². The number of hydrogen-bond donors (Lipinski definition) is 2.